The Morgan fingerprint density at radius 3 is 0.615 bits per heavy atom. The molecule has 0 saturated carbocycles. The molecule has 0 saturated heterocycles. The van der Waals surface area contributed by atoms with Gasteiger partial charge in [-0.05, 0) is 52.6 Å². The van der Waals surface area contributed by atoms with Gasteiger partial charge in [-0.25, -0.2) is 0 Å². The normalized spacial score (nSPS) is 8.31. The van der Waals surface area contributed by atoms with Crippen LogP contribution in [0.1, 0.15) is 116 Å². The summed E-state index contributed by atoms with van der Waals surface area (Å²) in [5, 5.41) is 0. The Morgan fingerprint density at radius 2 is 0.436 bits per heavy atom. The third kappa shape index (κ3) is 18.7. The number of rotatable bonds is 6. The van der Waals surface area contributed by atoms with Crippen molar-refractivity contribution in [1.29, 1.82) is 0 Å². The lowest BCUT2D eigenvalue weighted by atomic mass is 9.94. The molecule has 216 valence electrons. The maximum atomic E-state index is 2.37. The van der Waals surface area contributed by atoms with E-state index in [0.29, 0.717) is 0 Å². The standard InChI is InChI=1S/C27H24.6C2H6/c1-4-10-22(11-5-1)16-25-19-26(17-23-12-6-2-7-13-23)21-27(20-25)18-24-14-8-3-9-15-24;6*1-2/h1-15,19-21H,16-18H2;6*1-2H3. The van der Waals surface area contributed by atoms with Gasteiger partial charge in [0.1, 0.15) is 0 Å². The summed E-state index contributed by atoms with van der Waals surface area (Å²) in [7, 11) is 0. The van der Waals surface area contributed by atoms with E-state index in [2.05, 4.69) is 109 Å². The zero-order valence-electron chi connectivity index (χ0n) is 27.5. The van der Waals surface area contributed by atoms with Gasteiger partial charge in [0.2, 0.25) is 0 Å². The summed E-state index contributed by atoms with van der Waals surface area (Å²) >= 11 is 0. The van der Waals surface area contributed by atoms with Crippen molar-refractivity contribution in [3.63, 3.8) is 0 Å². The first-order valence-electron chi connectivity index (χ1n) is 15.6. The average molecular weight is 529 g/mol. The van der Waals surface area contributed by atoms with Gasteiger partial charge in [0.25, 0.3) is 0 Å². The van der Waals surface area contributed by atoms with Gasteiger partial charge in [-0.15, -0.1) is 0 Å². The molecule has 0 N–H and O–H groups in total. The van der Waals surface area contributed by atoms with E-state index in [1.165, 1.54) is 33.4 Å². The largest absolute Gasteiger partial charge is 0.0683 e. The Hall–Kier alpha value is -3.12. The Kier molecular flexibility index (Phi) is 32.2. The summed E-state index contributed by atoms with van der Waals surface area (Å²) in [4.78, 5) is 0. The summed E-state index contributed by atoms with van der Waals surface area (Å²) in [6, 6.07) is 39.3. The topological polar surface area (TPSA) is 0 Å². The second-order valence-electron chi connectivity index (χ2n) is 7.14. The molecule has 0 aliphatic carbocycles. The van der Waals surface area contributed by atoms with Crippen molar-refractivity contribution in [2.75, 3.05) is 0 Å². The zero-order chi connectivity index (χ0) is 30.3. The van der Waals surface area contributed by atoms with Gasteiger partial charge in [-0.2, -0.15) is 0 Å². The minimum Gasteiger partial charge on any atom is -0.0683 e. The maximum Gasteiger partial charge on any atom is -0.00256 e. The van der Waals surface area contributed by atoms with Crippen LogP contribution in [0, 0.1) is 0 Å². The number of benzene rings is 4. The summed E-state index contributed by atoms with van der Waals surface area (Å²) in [5.74, 6) is 0. The first kappa shape index (κ1) is 40.4. The van der Waals surface area contributed by atoms with Crippen LogP contribution in [-0.4, -0.2) is 0 Å². The van der Waals surface area contributed by atoms with Crippen molar-refractivity contribution >= 4 is 0 Å². The highest BCUT2D eigenvalue weighted by atomic mass is 14.1. The third-order valence-electron chi connectivity index (χ3n) is 4.87. The van der Waals surface area contributed by atoms with E-state index in [9.17, 15) is 0 Å². The van der Waals surface area contributed by atoms with Gasteiger partial charge in [0, 0.05) is 0 Å². The molecule has 0 atom stereocenters. The molecule has 0 amide bonds. The quantitative estimate of drug-likeness (QED) is 0.233. The molecule has 39 heavy (non-hydrogen) atoms. The van der Waals surface area contributed by atoms with Crippen LogP contribution in [0.4, 0.5) is 0 Å². The second-order valence-corrected chi connectivity index (χ2v) is 7.14. The van der Waals surface area contributed by atoms with E-state index >= 15 is 0 Å². The highest BCUT2D eigenvalue weighted by Gasteiger charge is 2.05. The van der Waals surface area contributed by atoms with E-state index in [4.69, 9.17) is 0 Å². The van der Waals surface area contributed by atoms with Crippen molar-refractivity contribution in [3.8, 4) is 0 Å². The van der Waals surface area contributed by atoms with Crippen LogP contribution in [0.25, 0.3) is 0 Å². The molecule has 0 aromatic heterocycles. The fraction of sp³-hybridized carbons (Fsp3) is 0.385. The lowest BCUT2D eigenvalue weighted by Gasteiger charge is -2.11. The summed E-state index contributed by atoms with van der Waals surface area (Å²) in [6.45, 7) is 24.0. The van der Waals surface area contributed by atoms with Crippen LogP contribution in [0.5, 0.6) is 0 Å². The Morgan fingerprint density at radius 1 is 0.256 bits per heavy atom. The van der Waals surface area contributed by atoms with E-state index < -0.39 is 0 Å². The number of hydrogen-bond donors (Lipinski definition) is 0. The molecule has 0 fully saturated rings. The van der Waals surface area contributed by atoms with Crippen LogP contribution < -0.4 is 0 Å². The highest BCUT2D eigenvalue weighted by molar-refractivity contribution is 5.38. The van der Waals surface area contributed by atoms with Gasteiger partial charge in [-0.3, -0.25) is 0 Å². The average Bonchev–Trinajstić information content (AvgIpc) is 3.04. The van der Waals surface area contributed by atoms with Gasteiger partial charge < -0.3 is 0 Å². The molecule has 0 unspecified atom stereocenters. The van der Waals surface area contributed by atoms with Crippen molar-refractivity contribution in [2.24, 2.45) is 0 Å². The van der Waals surface area contributed by atoms with Crippen molar-refractivity contribution in [1.82, 2.24) is 0 Å². The van der Waals surface area contributed by atoms with E-state index in [1.54, 1.807) is 0 Å². The lowest BCUT2D eigenvalue weighted by molar-refractivity contribution is 1.09. The zero-order valence-corrected chi connectivity index (χ0v) is 27.5. The SMILES string of the molecule is CC.CC.CC.CC.CC.CC.c1ccc(Cc2cc(Cc3ccccc3)cc(Cc3ccccc3)c2)cc1. The first-order valence-corrected chi connectivity index (χ1v) is 15.6. The van der Waals surface area contributed by atoms with Gasteiger partial charge in [0.05, 0.1) is 0 Å². The molecule has 4 aromatic carbocycles. The highest BCUT2D eigenvalue weighted by Crippen LogP contribution is 2.20. The molecule has 0 radical (unpaired) electrons. The van der Waals surface area contributed by atoms with Gasteiger partial charge >= 0.3 is 0 Å². The lowest BCUT2D eigenvalue weighted by Crippen LogP contribution is -1.97. The molecule has 0 bridgehead atoms. The van der Waals surface area contributed by atoms with Crippen LogP contribution >= 0.6 is 0 Å². The first-order chi connectivity index (χ1) is 19.3. The van der Waals surface area contributed by atoms with Crippen molar-refractivity contribution < 1.29 is 0 Å². The molecule has 4 aromatic rings. The molecular weight excluding hydrogens is 468 g/mol. The van der Waals surface area contributed by atoms with Gasteiger partial charge in [0.15, 0.2) is 0 Å². The van der Waals surface area contributed by atoms with Crippen LogP contribution in [0.15, 0.2) is 109 Å². The molecule has 0 aliphatic rings. The van der Waals surface area contributed by atoms with E-state index in [1.807, 2.05) is 83.1 Å². The smallest absolute Gasteiger partial charge is 0.00256 e. The second kappa shape index (κ2) is 31.1. The molecule has 0 heteroatoms. The molecule has 0 aliphatic heterocycles. The van der Waals surface area contributed by atoms with E-state index in [0.717, 1.165) is 19.3 Å². The number of hydrogen-bond acceptors (Lipinski definition) is 0. The van der Waals surface area contributed by atoms with Gasteiger partial charge in [-0.1, -0.05) is 192 Å². The van der Waals surface area contributed by atoms with Crippen LogP contribution in [0.3, 0.4) is 0 Å². The minimum atomic E-state index is 0.977. The third-order valence-corrected chi connectivity index (χ3v) is 4.87. The van der Waals surface area contributed by atoms with Crippen molar-refractivity contribution in [2.45, 2.75) is 102 Å². The van der Waals surface area contributed by atoms with Crippen molar-refractivity contribution in [3.05, 3.63) is 143 Å². The van der Waals surface area contributed by atoms with Crippen LogP contribution in [-0.2, 0) is 19.3 Å². The van der Waals surface area contributed by atoms with Crippen LogP contribution in [0.2, 0.25) is 0 Å². The monoisotopic (exact) mass is 528 g/mol. The fourth-order valence-electron chi connectivity index (χ4n) is 3.64. The molecule has 0 heterocycles. The Balaban J connectivity index is -0.000000958. The summed E-state index contributed by atoms with van der Waals surface area (Å²) < 4.78 is 0. The Labute approximate surface area is 244 Å². The Bertz CT molecular complexity index is 826. The summed E-state index contributed by atoms with van der Waals surface area (Å²) in [6.07, 6.45) is 2.93. The molecule has 0 spiro atoms. The van der Waals surface area contributed by atoms with E-state index in [-0.39, 0.29) is 0 Å². The predicted octanol–water partition coefficient (Wildman–Crippen LogP) is 12.6. The fourth-order valence-corrected chi connectivity index (χ4v) is 3.64. The molecule has 4 rings (SSSR count). The molecule has 0 nitrogen and oxygen atoms in total. The predicted molar refractivity (Wildman–Crippen MR) is 182 cm³/mol. The molecular formula is C39H60. The minimum absolute atomic E-state index is 0.977. The maximum absolute atomic E-state index is 2.37. The summed E-state index contributed by atoms with van der Waals surface area (Å²) in [5.41, 5.74) is 8.25.